The lowest BCUT2D eigenvalue weighted by Gasteiger charge is -2.16. The van der Waals surface area contributed by atoms with Gasteiger partial charge < -0.3 is 19.8 Å². The molecule has 0 spiro atoms. The third-order valence-electron chi connectivity index (χ3n) is 3.83. The summed E-state index contributed by atoms with van der Waals surface area (Å²) in [4.78, 5) is 13.3. The summed E-state index contributed by atoms with van der Waals surface area (Å²) < 4.78 is 10.7. The number of nitrogens with zero attached hydrogens (tertiary/aromatic N) is 3. The lowest BCUT2D eigenvalue weighted by Crippen LogP contribution is -2.39. The number of hydrogen-bond donors (Lipinski definition) is 3. The van der Waals surface area contributed by atoms with E-state index >= 15 is 0 Å². The molecular formula is C20H21ClN6O2S. The fourth-order valence-electron chi connectivity index (χ4n) is 2.60. The lowest BCUT2D eigenvalue weighted by atomic mass is 10.3. The van der Waals surface area contributed by atoms with Gasteiger partial charge in [0.25, 0.3) is 0 Å². The molecule has 2 heterocycles. The second-order valence-electron chi connectivity index (χ2n) is 6.27. The maximum atomic E-state index is 6.08. The van der Waals surface area contributed by atoms with Crippen molar-refractivity contribution < 1.29 is 9.15 Å². The molecule has 0 saturated carbocycles. The number of hydrogen-bond acceptors (Lipinski definition) is 6. The van der Waals surface area contributed by atoms with Crippen molar-refractivity contribution in [2.75, 3.05) is 17.7 Å². The molecule has 0 radical (unpaired) electrons. The van der Waals surface area contributed by atoms with E-state index in [9.17, 15) is 0 Å². The van der Waals surface area contributed by atoms with Gasteiger partial charge in [0.15, 0.2) is 5.11 Å². The zero-order valence-corrected chi connectivity index (χ0v) is 18.3. The molecule has 3 rings (SSSR count). The van der Waals surface area contributed by atoms with E-state index in [1.165, 1.54) is 0 Å². The van der Waals surface area contributed by atoms with E-state index in [1.54, 1.807) is 37.6 Å². The minimum atomic E-state index is 0.283. The third kappa shape index (κ3) is 6.16. The molecule has 1 aromatic carbocycles. The van der Waals surface area contributed by atoms with Crippen LogP contribution in [0.1, 0.15) is 17.1 Å². The van der Waals surface area contributed by atoms with E-state index in [2.05, 4.69) is 30.9 Å². The van der Waals surface area contributed by atoms with Crippen molar-refractivity contribution in [2.24, 2.45) is 4.99 Å². The van der Waals surface area contributed by atoms with Gasteiger partial charge in [-0.25, -0.2) is 15.0 Å². The molecule has 10 heteroatoms. The Labute approximate surface area is 184 Å². The van der Waals surface area contributed by atoms with Gasteiger partial charge in [-0.05, 0) is 62.5 Å². The third-order valence-corrected chi connectivity index (χ3v) is 4.27. The van der Waals surface area contributed by atoms with Crippen LogP contribution in [0.4, 0.5) is 11.6 Å². The number of aliphatic imine (C=N–C) groups is 1. The molecule has 3 aromatic rings. The minimum Gasteiger partial charge on any atom is -0.495 e. The van der Waals surface area contributed by atoms with Crippen LogP contribution in [0.2, 0.25) is 5.02 Å². The number of anilines is 2. The van der Waals surface area contributed by atoms with Crippen molar-refractivity contribution in [3.63, 3.8) is 0 Å². The number of halogens is 1. The first-order chi connectivity index (χ1) is 14.4. The summed E-state index contributed by atoms with van der Waals surface area (Å²) in [5.41, 5.74) is 2.29. The molecule has 0 saturated heterocycles. The fraction of sp³-hybridized carbons (Fsp3) is 0.200. The van der Waals surface area contributed by atoms with Crippen LogP contribution in [0.25, 0.3) is 0 Å². The SMILES string of the molecule is COc1ccc(Cl)cc1NC(=S)NC(=NCc1ccco1)Nc1nc(C)cc(C)n1. The number of guanidine groups is 1. The van der Waals surface area contributed by atoms with E-state index in [0.29, 0.717) is 40.7 Å². The quantitative estimate of drug-likeness (QED) is 0.304. The predicted molar refractivity (Wildman–Crippen MR) is 122 cm³/mol. The Morgan fingerprint density at radius 3 is 2.60 bits per heavy atom. The first-order valence-corrected chi connectivity index (χ1v) is 9.79. The topological polar surface area (TPSA) is 96.6 Å². The predicted octanol–water partition coefficient (Wildman–Crippen LogP) is 4.30. The smallest absolute Gasteiger partial charge is 0.229 e. The number of rotatable bonds is 5. The monoisotopic (exact) mass is 444 g/mol. The first-order valence-electron chi connectivity index (χ1n) is 9.00. The molecule has 0 fully saturated rings. The van der Waals surface area contributed by atoms with Crippen LogP contribution in [-0.4, -0.2) is 28.1 Å². The lowest BCUT2D eigenvalue weighted by molar-refractivity contribution is 0.417. The van der Waals surface area contributed by atoms with Crippen LogP contribution in [0, 0.1) is 13.8 Å². The highest BCUT2D eigenvalue weighted by molar-refractivity contribution is 7.80. The zero-order chi connectivity index (χ0) is 21.5. The average Bonchev–Trinajstić information content (AvgIpc) is 3.19. The highest BCUT2D eigenvalue weighted by atomic mass is 35.5. The van der Waals surface area contributed by atoms with Crippen LogP contribution in [0.5, 0.6) is 5.75 Å². The van der Waals surface area contributed by atoms with E-state index < -0.39 is 0 Å². The van der Waals surface area contributed by atoms with E-state index in [1.807, 2.05) is 26.0 Å². The number of methoxy groups -OCH3 is 1. The Balaban J connectivity index is 1.78. The summed E-state index contributed by atoms with van der Waals surface area (Å²) >= 11 is 11.5. The van der Waals surface area contributed by atoms with Gasteiger partial charge in [-0.1, -0.05) is 11.6 Å². The van der Waals surface area contributed by atoms with E-state index in [0.717, 1.165) is 11.4 Å². The van der Waals surface area contributed by atoms with Crippen molar-refractivity contribution >= 4 is 46.5 Å². The first kappa shape index (κ1) is 21.5. The largest absolute Gasteiger partial charge is 0.495 e. The van der Waals surface area contributed by atoms with Gasteiger partial charge >= 0.3 is 0 Å². The van der Waals surface area contributed by atoms with E-state index in [-0.39, 0.29) is 5.11 Å². The Bertz CT molecular complexity index is 1040. The van der Waals surface area contributed by atoms with Crippen LogP contribution in [-0.2, 0) is 6.54 Å². The molecule has 30 heavy (non-hydrogen) atoms. The summed E-state index contributed by atoms with van der Waals surface area (Å²) in [7, 11) is 1.57. The number of ether oxygens (including phenoxy) is 1. The standard InChI is InChI=1S/C20H21ClN6O2S/c1-12-9-13(2)24-19(23-12)26-18(22-11-15-5-4-8-29-15)27-20(30)25-16-10-14(21)6-7-17(16)28-3/h4-10H,11H2,1-3H3,(H3,22,23,24,25,26,27,30). The number of aromatic nitrogens is 2. The van der Waals surface area contributed by atoms with Crippen LogP contribution < -0.4 is 20.7 Å². The summed E-state index contributed by atoms with van der Waals surface area (Å²) in [6.07, 6.45) is 1.59. The molecule has 8 nitrogen and oxygen atoms in total. The van der Waals surface area contributed by atoms with Crippen molar-refractivity contribution in [3.8, 4) is 5.75 Å². The van der Waals surface area contributed by atoms with Crippen molar-refractivity contribution in [2.45, 2.75) is 20.4 Å². The van der Waals surface area contributed by atoms with Crippen molar-refractivity contribution in [1.29, 1.82) is 0 Å². The molecular weight excluding hydrogens is 424 g/mol. The van der Waals surface area contributed by atoms with Crippen LogP contribution in [0.15, 0.2) is 52.1 Å². The highest BCUT2D eigenvalue weighted by Gasteiger charge is 2.10. The Hall–Kier alpha value is -3.17. The van der Waals surface area contributed by atoms with E-state index in [4.69, 9.17) is 33.0 Å². The number of benzene rings is 1. The number of nitrogens with one attached hydrogen (secondary N) is 3. The molecule has 2 aromatic heterocycles. The van der Waals surface area contributed by atoms with Gasteiger partial charge in [0, 0.05) is 16.4 Å². The number of aryl methyl sites for hydroxylation is 2. The van der Waals surface area contributed by atoms with Gasteiger partial charge in [0.1, 0.15) is 18.1 Å². The van der Waals surface area contributed by atoms with Crippen LogP contribution in [0.3, 0.4) is 0 Å². The van der Waals surface area contributed by atoms with Gasteiger partial charge in [-0.15, -0.1) is 0 Å². The van der Waals surface area contributed by atoms with Gasteiger partial charge in [-0.2, -0.15) is 0 Å². The van der Waals surface area contributed by atoms with Gasteiger partial charge in [0.05, 0.1) is 19.1 Å². The Morgan fingerprint density at radius 1 is 1.17 bits per heavy atom. The fourth-order valence-corrected chi connectivity index (χ4v) is 2.98. The van der Waals surface area contributed by atoms with Gasteiger partial charge in [-0.3, -0.25) is 5.32 Å². The minimum absolute atomic E-state index is 0.283. The summed E-state index contributed by atoms with van der Waals surface area (Å²) in [5, 5.41) is 9.99. The highest BCUT2D eigenvalue weighted by Crippen LogP contribution is 2.27. The normalized spacial score (nSPS) is 11.1. The molecule has 0 amide bonds. The summed E-state index contributed by atoms with van der Waals surface area (Å²) in [5.74, 6) is 2.06. The number of furan rings is 1. The second kappa shape index (κ2) is 10.0. The van der Waals surface area contributed by atoms with Crippen molar-refractivity contribution in [1.82, 2.24) is 15.3 Å². The Morgan fingerprint density at radius 2 is 1.93 bits per heavy atom. The summed E-state index contributed by atoms with van der Waals surface area (Å²) in [6, 6.07) is 10.7. The molecule has 0 aliphatic carbocycles. The molecule has 0 atom stereocenters. The molecule has 156 valence electrons. The van der Waals surface area contributed by atoms with Gasteiger partial charge in [0.2, 0.25) is 11.9 Å². The average molecular weight is 445 g/mol. The molecule has 0 aliphatic heterocycles. The maximum absolute atomic E-state index is 6.08. The maximum Gasteiger partial charge on any atom is 0.229 e. The molecule has 0 unspecified atom stereocenters. The summed E-state index contributed by atoms with van der Waals surface area (Å²) in [6.45, 7) is 4.09. The zero-order valence-electron chi connectivity index (χ0n) is 16.7. The molecule has 0 aliphatic rings. The van der Waals surface area contributed by atoms with Crippen LogP contribution >= 0.6 is 23.8 Å². The Kier molecular flexibility index (Phi) is 7.21. The number of thiocarbonyl (C=S) groups is 1. The van der Waals surface area contributed by atoms with Crippen molar-refractivity contribution in [3.05, 3.63) is 64.8 Å². The molecule has 0 bridgehead atoms. The second-order valence-corrected chi connectivity index (χ2v) is 7.11. The molecule has 3 N–H and O–H groups in total.